The van der Waals surface area contributed by atoms with Crippen molar-refractivity contribution in [3.05, 3.63) is 42.0 Å². The Hall–Kier alpha value is -2.11. The Morgan fingerprint density at radius 2 is 1.82 bits per heavy atom. The lowest BCUT2D eigenvalue weighted by atomic mass is 9.98. The van der Waals surface area contributed by atoms with Crippen LogP contribution in [0.1, 0.15) is 32.8 Å². The summed E-state index contributed by atoms with van der Waals surface area (Å²) in [5.41, 5.74) is 3.87. The van der Waals surface area contributed by atoms with Crippen molar-refractivity contribution in [3.8, 4) is 5.75 Å². The van der Waals surface area contributed by atoms with Gasteiger partial charge in [-0.15, -0.1) is 0 Å². The third-order valence-electron chi connectivity index (χ3n) is 4.22. The van der Waals surface area contributed by atoms with E-state index in [2.05, 4.69) is 30.7 Å². The number of anilines is 1. The molecule has 0 saturated carbocycles. The molecular weight excluding hydrogens is 352 g/mol. The molecule has 0 aliphatic rings. The standard InChI is InChI=1S/C23H36N2O3/c1-7-20(17-24-5)19(4)22-16-21(8-9-23(22)25-6)28-15-14-27-13-12-26-11-10-18(2)3/h7-9,16-18,25H,4,10-15H2,1-3,5-6H3/b20-7+,24-17?. The van der Waals surface area contributed by atoms with Gasteiger partial charge in [0.2, 0.25) is 0 Å². The largest absolute Gasteiger partial charge is 0.491 e. The van der Waals surface area contributed by atoms with Gasteiger partial charge in [-0.1, -0.05) is 26.5 Å². The zero-order valence-corrected chi connectivity index (χ0v) is 18.1. The van der Waals surface area contributed by atoms with Crippen LogP contribution in [0.5, 0.6) is 5.75 Å². The van der Waals surface area contributed by atoms with Crippen LogP contribution in [0.25, 0.3) is 5.57 Å². The molecule has 1 aromatic carbocycles. The monoisotopic (exact) mass is 388 g/mol. The van der Waals surface area contributed by atoms with Gasteiger partial charge in [-0.05, 0) is 48.6 Å². The highest BCUT2D eigenvalue weighted by molar-refractivity contribution is 6.02. The van der Waals surface area contributed by atoms with Crippen molar-refractivity contribution in [3.63, 3.8) is 0 Å². The second kappa shape index (κ2) is 14.0. The molecule has 0 spiro atoms. The van der Waals surface area contributed by atoms with Crippen molar-refractivity contribution >= 4 is 17.5 Å². The number of rotatable bonds is 14. The number of hydrogen-bond acceptors (Lipinski definition) is 5. The molecule has 0 aliphatic heterocycles. The normalized spacial score (nSPS) is 12.0. The van der Waals surface area contributed by atoms with Crippen molar-refractivity contribution in [1.82, 2.24) is 0 Å². The van der Waals surface area contributed by atoms with E-state index in [9.17, 15) is 0 Å². The van der Waals surface area contributed by atoms with Gasteiger partial charge in [0.15, 0.2) is 0 Å². The number of ether oxygens (including phenoxy) is 3. The number of hydrogen-bond donors (Lipinski definition) is 1. The van der Waals surface area contributed by atoms with Crippen molar-refractivity contribution in [1.29, 1.82) is 0 Å². The third-order valence-corrected chi connectivity index (χ3v) is 4.22. The quantitative estimate of drug-likeness (QED) is 0.281. The summed E-state index contributed by atoms with van der Waals surface area (Å²) in [5.74, 6) is 1.46. The summed E-state index contributed by atoms with van der Waals surface area (Å²) in [4.78, 5) is 4.10. The fraction of sp³-hybridized carbons (Fsp3) is 0.522. The molecule has 0 atom stereocenters. The summed E-state index contributed by atoms with van der Waals surface area (Å²) in [6.07, 6.45) is 4.89. The van der Waals surface area contributed by atoms with Gasteiger partial charge in [-0.2, -0.15) is 0 Å². The molecule has 28 heavy (non-hydrogen) atoms. The Balaban J connectivity index is 2.49. The molecule has 5 nitrogen and oxygen atoms in total. The van der Waals surface area contributed by atoms with Gasteiger partial charge in [0.05, 0.1) is 19.8 Å². The zero-order chi connectivity index (χ0) is 20.8. The average molecular weight is 389 g/mol. The van der Waals surface area contributed by atoms with Crippen molar-refractivity contribution in [2.75, 3.05) is 52.4 Å². The summed E-state index contributed by atoms with van der Waals surface area (Å²) in [7, 11) is 3.65. The minimum Gasteiger partial charge on any atom is -0.491 e. The Morgan fingerprint density at radius 3 is 2.43 bits per heavy atom. The molecule has 5 heteroatoms. The highest BCUT2D eigenvalue weighted by Gasteiger charge is 2.10. The van der Waals surface area contributed by atoms with E-state index in [1.54, 1.807) is 7.05 Å². The van der Waals surface area contributed by atoms with Crippen LogP contribution in [0.15, 0.2) is 41.4 Å². The molecule has 1 aromatic rings. The Kier molecular flexibility index (Phi) is 11.9. The van der Waals surface area contributed by atoms with E-state index in [0.29, 0.717) is 32.3 Å². The summed E-state index contributed by atoms with van der Waals surface area (Å²) < 4.78 is 16.9. The van der Waals surface area contributed by atoms with Gasteiger partial charge in [0.25, 0.3) is 0 Å². The topological polar surface area (TPSA) is 52.1 Å². The lowest BCUT2D eigenvalue weighted by Gasteiger charge is -2.15. The number of nitrogens with one attached hydrogen (secondary N) is 1. The fourth-order valence-electron chi connectivity index (χ4n) is 2.56. The van der Waals surface area contributed by atoms with Crippen LogP contribution >= 0.6 is 0 Å². The second-order valence-corrected chi connectivity index (χ2v) is 6.82. The summed E-state index contributed by atoms with van der Waals surface area (Å²) in [5, 5.41) is 3.21. The molecular formula is C23H36N2O3. The van der Waals surface area contributed by atoms with Crippen molar-refractivity contribution in [2.45, 2.75) is 27.2 Å². The van der Waals surface area contributed by atoms with Crippen molar-refractivity contribution in [2.24, 2.45) is 10.9 Å². The van der Waals surface area contributed by atoms with E-state index in [0.717, 1.165) is 41.2 Å². The number of benzene rings is 1. The maximum atomic E-state index is 5.84. The smallest absolute Gasteiger partial charge is 0.120 e. The molecule has 0 bridgehead atoms. The Labute approximate surface area is 170 Å². The Bertz CT molecular complexity index is 651. The zero-order valence-electron chi connectivity index (χ0n) is 18.1. The summed E-state index contributed by atoms with van der Waals surface area (Å²) in [6, 6.07) is 5.94. The first-order chi connectivity index (χ1) is 13.5. The second-order valence-electron chi connectivity index (χ2n) is 6.82. The molecule has 0 saturated heterocycles. The number of nitrogens with zero attached hydrogens (tertiary/aromatic N) is 1. The molecule has 0 heterocycles. The SMILES string of the molecule is C=C(/C(C=NC)=C/C)c1cc(OCCOCCOCCC(C)C)ccc1NC. The van der Waals surface area contributed by atoms with Crippen LogP contribution in [-0.2, 0) is 9.47 Å². The average Bonchev–Trinajstić information content (AvgIpc) is 2.69. The molecule has 0 radical (unpaired) electrons. The highest BCUT2D eigenvalue weighted by atomic mass is 16.5. The third kappa shape index (κ3) is 8.72. The predicted molar refractivity (Wildman–Crippen MR) is 120 cm³/mol. The van der Waals surface area contributed by atoms with E-state index in [-0.39, 0.29) is 0 Å². The van der Waals surface area contributed by atoms with Crippen molar-refractivity contribution < 1.29 is 14.2 Å². The molecule has 1 rings (SSSR count). The lowest BCUT2D eigenvalue weighted by molar-refractivity contribution is 0.0334. The molecule has 1 N–H and O–H groups in total. The van der Waals surface area contributed by atoms with Gasteiger partial charge < -0.3 is 19.5 Å². The summed E-state index contributed by atoms with van der Waals surface area (Å²) in [6.45, 7) is 13.6. The van der Waals surface area contributed by atoms with E-state index >= 15 is 0 Å². The molecule has 0 unspecified atom stereocenters. The van der Waals surface area contributed by atoms with Gasteiger partial charge in [0.1, 0.15) is 12.4 Å². The molecule has 0 fully saturated rings. The summed E-state index contributed by atoms with van der Waals surface area (Å²) >= 11 is 0. The Morgan fingerprint density at radius 1 is 1.14 bits per heavy atom. The first-order valence-corrected chi connectivity index (χ1v) is 9.91. The number of aliphatic imine (C=N–C) groups is 1. The van der Waals surface area contributed by atoms with Crippen LogP contribution < -0.4 is 10.1 Å². The van der Waals surface area contributed by atoms with Crippen LogP contribution in [0.4, 0.5) is 5.69 Å². The highest BCUT2D eigenvalue weighted by Crippen LogP contribution is 2.31. The van der Waals surface area contributed by atoms with Gasteiger partial charge in [0, 0.05) is 38.2 Å². The van der Waals surface area contributed by atoms with E-state index in [1.807, 2.05) is 44.5 Å². The van der Waals surface area contributed by atoms with Crippen LogP contribution in [0.3, 0.4) is 0 Å². The van der Waals surface area contributed by atoms with Crippen LogP contribution in [0.2, 0.25) is 0 Å². The minimum atomic E-state index is 0.490. The van der Waals surface area contributed by atoms with Gasteiger partial charge in [-0.25, -0.2) is 0 Å². The predicted octanol–water partition coefficient (Wildman–Crippen LogP) is 4.85. The maximum absolute atomic E-state index is 5.84. The van der Waals surface area contributed by atoms with Crippen LogP contribution in [0, 0.1) is 5.92 Å². The number of allylic oxidation sites excluding steroid dienone is 3. The lowest BCUT2D eigenvalue weighted by Crippen LogP contribution is -2.11. The first-order valence-electron chi connectivity index (χ1n) is 9.91. The molecule has 0 aliphatic carbocycles. The first kappa shape index (κ1) is 23.9. The van der Waals surface area contributed by atoms with Gasteiger partial charge >= 0.3 is 0 Å². The fourth-order valence-corrected chi connectivity index (χ4v) is 2.56. The molecule has 0 aromatic heterocycles. The van der Waals surface area contributed by atoms with Gasteiger partial charge in [-0.3, -0.25) is 4.99 Å². The van der Waals surface area contributed by atoms with E-state index < -0.39 is 0 Å². The molecule has 0 amide bonds. The van der Waals surface area contributed by atoms with Crippen LogP contribution in [-0.4, -0.2) is 53.3 Å². The minimum absolute atomic E-state index is 0.490. The maximum Gasteiger partial charge on any atom is 0.120 e. The van der Waals surface area contributed by atoms with E-state index in [1.165, 1.54) is 0 Å². The molecule has 156 valence electrons. The van der Waals surface area contributed by atoms with E-state index in [4.69, 9.17) is 14.2 Å².